The van der Waals surface area contributed by atoms with E-state index in [0.29, 0.717) is 25.1 Å². The minimum atomic E-state index is -1.00. The molecule has 2 aromatic carbocycles. The molecule has 0 spiro atoms. The van der Waals surface area contributed by atoms with E-state index < -0.39 is 17.3 Å². The van der Waals surface area contributed by atoms with Crippen LogP contribution < -0.4 is 5.32 Å². The van der Waals surface area contributed by atoms with Gasteiger partial charge in [-0.3, -0.25) is 9.48 Å². The predicted molar refractivity (Wildman–Crippen MR) is 151 cm³/mol. The van der Waals surface area contributed by atoms with E-state index in [1.807, 2.05) is 89.3 Å². The number of cyclic esters (lactones) is 1. The number of carbonyl (C=O) groups is 2. The van der Waals surface area contributed by atoms with E-state index in [2.05, 4.69) is 10.4 Å². The fraction of sp³-hybridized carbons (Fsp3) is 0.452. The van der Waals surface area contributed by atoms with E-state index in [-0.39, 0.29) is 17.5 Å². The Labute approximate surface area is 231 Å². The van der Waals surface area contributed by atoms with Gasteiger partial charge in [-0.25, -0.2) is 4.79 Å². The second-order valence-corrected chi connectivity index (χ2v) is 12.2. The Balaban J connectivity index is 1.51. The number of benzene rings is 2. The normalized spacial score (nSPS) is 19.0. The van der Waals surface area contributed by atoms with Crippen LogP contribution in [0.2, 0.25) is 0 Å². The molecule has 1 saturated heterocycles. The van der Waals surface area contributed by atoms with Gasteiger partial charge < -0.3 is 20.1 Å². The molecule has 0 unspecified atom stereocenters. The molecular weight excluding hydrogens is 492 g/mol. The van der Waals surface area contributed by atoms with Crippen molar-refractivity contribution in [3.05, 3.63) is 77.5 Å². The van der Waals surface area contributed by atoms with Crippen molar-refractivity contribution in [1.29, 1.82) is 0 Å². The molecule has 0 saturated carbocycles. The third-order valence-corrected chi connectivity index (χ3v) is 7.05. The summed E-state index contributed by atoms with van der Waals surface area (Å²) in [6.45, 7) is 11.8. The van der Waals surface area contributed by atoms with Crippen LogP contribution in [0.25, 0.3) is 11.3 Å². The van der Waals surface area contributed by atoms with Crippen molar-refractivity contribution >= 4 is 12.0 Å². The molecule has 1 fully saturated rings. The molecule has 2 atom stereocenters. The first-order valence-corrected chi connectivity index (χ1v) is 13.4. The maximum absolute atomic E-state index is 13.4. The molecule has 208 valence electrons. The molecule has 2 amide bonds. The fourth-order valence-corrected chi connectivity index (χ4v) is 5.26. The molecule has 39 heavy (non-hydrogen) atoms. The average Bonchev–Trinajstić information content (AvgIpc) is 3.24. The molecule has 1 aromatic heterocycles. The Morgan fingerprint density at radius 1 is 1.10 bits per heavy atom. The summed E-state index contributed by atoms with van der Waals surface area (Å²) in [5.41, 5.74) is 1.74. The molecule has 4 rings (SSSR count). The number of amides is 2. The molecule has 1 aliphatic heterocycles. The zero-order chi connectivity index (χ0) is 28.6. The largest absolute Gasteiger partial charge is 0.438 e. The quantitative estimate of drug-likeness (QED) is 0.414. The van der Waals surface area contributed by atoms with Crippen LogP contribution in [-0.4, -0.2) is 49.5 Å². The van der Waals surface area contributed by atoms with Crippen LogP contribution in [0, 0.1) is 0 Å². The second kappa shape index (κ2) is 10.5. The Bertz CT molecular complexity index is 1320. The van der Waals surface area contributed by atoms with Gasteiger partial charge >= 0.3 is 6.09 Å². The number of aryl methyl sites for hydroxylation is 1. The second-order valence-electron chi connectivity index (χ2n) is 12.2. The summed E-state index contributed by atoms with van der Waals surface area (Å²) >= 11 is 0. The molecule has 0 radical (unpaired) electrons. The van der Waals surface area contributed by atoms with Gasteiger partial charge in [-0.15, -0.1) is 0 Å². The lowest BCUT2D eigenvalue weighted by molar-refractivity contribution is -0.101. The SMILES string of the molecule is C[C@@H](c1ccc(-c2cc(C(=O)NC(C)(C)C)nn2C)cc1)N1CC[C@](CC(C)(C)O)(c2ccccc2)OC1=O. The lowest BCUT2D eigenvalue weighted by Gasteiger charge is -2.45. The first kappa shape index (κ1) is 28.4. The van der Waals surface area contributed by atoms with Gasteiger partial charge in [-0.2, -0.15) is 5.10 Å². The number of rotatable bonds is 7. The van der Waals surface area contributed by atoms with Gasteiger partial charge in [-0.1, -0.05) is 54.6 Å². The predicted octanol–water partition coefficient (Wildman–Crippen LogP) is 5.58. The van der Waals surface area contributed by atoms with Gasteiger partial charge in [0, 0.05) is 32.0 Å². The third-order valence-electron chi connectivity index (χ3n) is 7.05. The number of carbonyl (C=O) groups excluding carboxylic acids is 2. The summed E-state index contributed by atoms with van der Waals surface area (Å²) in [5.74, 6) is -0.214. The molecular formula is C31H40N4O4. The number of nitrogens with one attached hydrogen (secondary N) is 1. The lowest BCUT2D eigenvalue weighted by atomic mass is 9.80. The van der Waals surface area contributed by atoms with Crippen LogP contribution in [0.15, 0.2) is 60.7 Å². The van der Waals surface area contributed by atoms with Crippen molar-refractivity contribution in [3.8, 4) is 11.3 Å². The summed E-state index contributed by atoms with van der Waals surface area (Å²) in [5, 5.41) is 18.0. The number of hydrogen-bond acceptors (Lipinski definition) is 5. The summed E-state index contributed by atoms with van der Waals surface area (Å²) in [7, 11) is 1.82. The highest BCUT2D eigenvalue weighted by Gasteiger charge is 2.46. The number of aliphatic hydroxyl groups is 1. The standard InChI is InChI=1S/C31H40N4O4/c1-21(35-18-17-31(39-28(35)37,20-30(5,6)38)24-11-9-8-10-12-24)22-13-15-23(16-14-22)26-19-25(33-34(26)7)27(36)32-29(2,3)4/h8-16,19,21,38H,17-18,20H2,1-7H3,(H,32,36)/t21-,31-/m0/s1. The highest BCUT2D eigenvalue weighted by molar-refractivity contribution is 5.93. The highest BCUT2D eigenvalue weighted by atomic mass is 16.6. The van der Waals surface area contributed by atoms with Gasteiger partial charge in [0.25, 0.3) is 5.91 Å². The van der Waals surface area contributed by atoms with Crippen molar-refractivity contribution < 1.29 is 19.4 Å². The molecule has 8 heteroatoms. The first-order valence-electron chi connectivity index (χ1n) is 13.4. The number of aromatic nitrogens is 2. The summed E-state index contributed by atoms with van der Waals surface area (Å²) in [6, 6.07) is 19.2. The topological polar surface area (TPSA) is 96.7 Å². The number of nitrogens with zero attached hydrogens (tertiary/aromatic N) is 3. The molecule has 1 aliphatic rings. The lowest BCUT2D eigenvalue weighted by Crippen LogP contribution is -2.51. The van der Waals surface area contributed by atoms with Crippen molar-refractivity contribution in [1.82, 2.24) is 20.0 Å². The van der Waals surface area contributed by atoms with E-state index in [4.69, 9.17) is 4.74 Å². The molecule has 3 aromatic rings. The maximum atomic E-state index is 13.4. The van der Waals surface area contributed by atoms with Crippen molar-refractivity contribution in [2.45, 2.75) is 77.2 Å². The minimum Gasteiger partial charge on any atom is -0.438 e. The Hall–Kier alpha value is -3.65. The summed E-state index contributed by atoms with van der Waals surface area (Å²) in [6.07, 6.45) is 0.489. The van der Waals surface area contributed by atoms with E-state index in [9.17, 15) is 14.7 Å². The average molecular weight is 533 g/mol. The van der Waals surface area contributed by atoms with E-state index in [1.54, 1.807) is 29.5 Å². The summed E-state index contributed by atoms with van der Waals surface area (Å²) in [4.78, 5) is 27.7. The number of hydrogen-bond donors (Lipinski definition) is 2. The highest BCUT2D eigenvalue weighted by Crippen LogP contribution is 2.42. The Morgan fingerprint density at radius 2 is 1.74 bits per heavy atom. The first-order chi connectivity index (χ1) is 18.2. The molecule has 2 N–H and O–H groups in total. The van der Waals surface area contributed by atoms with Gasteiger partial charge in [0.15, 0.2) is 5.69 Å². The van der Waals surface area contributed by atoms with Gasteiger partial charge in [0.1, 0.15) is 5.60 Å². The third kappa shape index (κ3) is 6.50. The Morgan fingerprint density at radius 3 is 2.31 bits per heavy atom. The van der Waals surface area contributed by atoms with Gasteiger partial charge in [-0.05, 0) is 64.3 Å². The van der Waals surface area contributed by atoms with Crippen molar-refractivity contribution in [2.24, 2.45) is 7.05 Å². The molecule has 2 heterocycles. The van der Waals surface area contributed by atoms with Crippen LogP contribution in [-0.2, 0) is 17.4 Å². The zero-order valence-electron chi connectivity index (χ0n) is 24.0. The van der Waals surface area contributed by atoms with Crippen molar-refractivity contribution in [2.75, 3.05) is 6.54 Å². The van der Waals surface area contributed by atoms with E-state index >= 15 is 0 Å². The van der Waals surface area contributed by atoms with Crippen LogP contribution in [0.3, 0.4) is 0 Å². The molecule has 0 bridgehead atoms. The minimum absolute atomic E-state index is 0.206. The van der Waals surface area contributed by atoms with Crippen LogP contribution in [0.4, 0.5) is 4.79 Å². The molecule has 8 nitrogen and oxygen atoms in total. The molecule has 0 aliphatic carbocycles. The maximum Gasteiger partial charge on any atom is 0.411 e. The Kier molecular flexibility index (Phi) is 7.63. The summed E-state index contributed by atoms with van der Waals surface area (Å²) < 4.78 is 7.84. The van der Waals surface area contributed by atoms with Gasteiger partial charge in [0.2, 0.25) is 0 Å². The monoisotopic (exact) mass is 532 g/mol. The van der Waals surface area contributed by atoms with Crippen LogP contribution in [0.5, 0.6) is 0 Å². The van der Waals surface area contributed by atoms with Gasteiger partial charge in [0.05, 0.1) is 17.3 Å². The van der Waals surface area contributed by atoms with Crippen LogP contribution in [0.1, 0.15) is 82.0 Å². The van der Waals surface area contributed by atoms with E-state index in [0.717, 1.165) is 22.4 Å². The van der Waals surface area contributed by atoms with Crippen molar-refractivity contribution in [3.63, 3.8) is 0 Å². The fourth-order valence-electron chi connectivity index (χ4n) is 5.26. The van der Waals surface area contributed by atoms with Crippen LogP contribution >= 0.6 is 0 Å². The van der Waals surface area contributed by atoms with E-state index in [1.165, 1.54) is 0 Å². The smallest absolute Gasteiger partial charge is 0.411 e. The number of ether oxygens (including phenoxy) is 1. The zero-order valence-corrected chi connectivity index (χ0v) is 24.0.